The molecule has 0 radical (unpaired) electrons. The standard InChI is InChI=1S/C14H21F3O/c1-2-10-3-5-11(6-4-10)12-7-8-13(18-9-12)14(15,16)17/h2,10-13H,1,3-9H2. The van der Waals surface area contributed by atoms with Crippen molar-refractivity contribution >= 4 is 0 Å². The quantitative estimate of drug-likeness (QED) is 0.673. The van der Waals surface area contributed by atoms with E-state index in [0.29, 0.717) is 24.2 Å². The fourth-order valence-corrected chi connectivity index (χ4v) is 3.25. The molecule has 0 aromatic heterocycles. The van der Waals surface area contributed by atoms with Crippen molar-refractivity contribution in [1.29, 1.82) is 0 Å². The molecule has 0 N–H and O–H groups in total. The Bertz CT molecular complexity index is 271. The van der Waals surface area contributed by atoms with Crippen molar-refractivity contribution in [2.45, 2.75) is 50.8 Å². The second-order valence-electron chi connectivity index (χ2n) is 5.61. The number of hydrogen-bond acceptors (Lipinski definition) is 1. The van der Waals surface area contributed by atoms with Crippen LogP contribution in [0.4, 0.5) is 13.2 Å². The van der Waals surface area contributed by atoms with Gasteiger partial charge in [0.25, 0.3) is 0 Å². The molecule has 0 aromatic carbocycles. The third-order valence-electron chi connectivity index (χ3n) is 4.49. The molecular weight excluding hydrogens is 241 g/mol. The molecule has 4 heteroatoms. The maximum Gasteiger partial charge on any atom is 0.414 e. The minimum Gasteiger partial charge on any atom is -0.368 e. The monoisotopic (exact) mass is 262 g/mol. The van der Waals surface area contributed by atoms with Gasteiger partial charge in [0.05, 0.1) is 6.61 Å². The smallest absolute Gasteiger partial charge is 0.368 e. The summed E-state index contributed by atoms with van der Waals surface area (Å²) in [4.78, 5) is 0. The second kappa shape index (κ2) is 5.64. The third kappa shape index (κ3) is 3.28. The SMILES string of the molecule is C=CC1CCC(C2CCC(C(F)(F)F)OC2)CC1. The van der Waals surface area contributed by atoms with E-state index in [1.807, 2.05) is 6.08 Å². The third-order valence-corrected chi connectivity index (χ3v) is 4.49. The van der Waals surface area contributed by atoms with E-state index in [4.69, 9.17) is 4.74 Å². The average Bonchev–Trinajstić information content (AvgIpc) is 2.38. The van der Waals surface area contributed by atoms with Crippen LogP contribution in [0, 0.1) is 17.8 Å². The highest BCUT2D eigenvalue weighted by Gasteiger charge is 2.44. The fourth-order valence-electron chi connectivity index (χ4n) is 3.25. The molecule has 0 amide bonds. The lowest BCUT2D eigenvalue weighted by molar-refractivity contribution is -0.238. The molecule has 0 aromatic rings. The lowest BCUT2D eigenvalue weighted by atomic mass is 9.74. The number of alkyl halides is 3. The molecule has 1 aliphatic carbocycles. The molecule has 1 saturated carbocycles. The van der Waals surface area contributed by atoms with Gasteiger partial charge in [-0.15, -0.1) is 6.58 Å². The molecule has 2 unspecified atom stereocenters. The summed E-state index contributed by atoms with van der Waals surface area (Å²) >= 11 is 0. The van der Waals surface area contributed by atoms with E-state index in [9.17, 15) is 13.2 Å². The first-order chi connectivity index (χ1) is 8.50. The molecule has 18 heavy (non-hydrogen) atoms. The van der Waals surface area contributed by atoms with Gasteiger partial charge in [-0.2, -0.15) is 13.2 Å². The van der Waals surface area contributed by atoms with Gasteiger partial charge >= 0.3 is 6.18 Å². The van der Waals surface area contributed by atoms with E-state index < -0.39 is 12.3 Å². The van der Waals surface area contributed by atoms with E-state index in [2.05, 4.69) is 6.58 Å². The molecule has 104 valence electrons. The maximum absolute atomic E-state index is 12.5. The van der Waals surface area contributed by atoms with E-state index >= 15 is 0 Å². The topological polar surface area (TPSA) is 9.23 Å². The lowest BCUT2D eigenvalue weighted by Gasteiger charge is -2.37. The summed E-state index contributed by atoms with van der Waals surface area (Å²) in [5, 5.41) is 0. The van der Waals surface area contributed by atoms with Gasteiger partial charge in [-0.1, -0.05) is 6.08 Å². The molecule has 2 atom stereocenters. The first-order valence-corrected chi connectivity index (χ1v) is 6.81. The van der Waals surface area contributed by atoms with E-state index in [0.717, 1.165) is 25.7 Å². The number of allylic oxidation sites excluding steroid dienone is 1. The highest BCUT2D eigenvalue weighted by molar-refractivity contribution is 4.87. The Hall–Kier alpha value is -0.510. The van der Waals surface area contributed by atoms with Crippen LogP contribution < -0.4 is 0 Å². The summed E-state index contributed by atoms with van der Waals surface area (Å²) in [5.74, 6) is 1.48. The number of halogens is 3. The van der Waals surface area contributed by atoms with Crippen LogP contribution in [-0.2, 0) is 4.74 Å². The number of rotatable bonds is 2. The molecule has 1 nitrogen and oxygen atoms in total. The van der Waals surface area contributed by atoms with Crippen molar-refractivity contribution in [2.75, 3.05) is 6.61 Å². The van der Waals surface area contributed by atoms with Gasteiger partial charge in [-0.25, -0.2) is 0 Å². The van der Waals surface area contributed by atoms with E-state index in [1.165, 1.54) is 0 Å². The first kappa shape index (κ1) is 13.9. The van der Waals surface area contributed by atoms with Crippen LogP contribution >= 0.6 is 0 Å². The number of hydrogen-bond donors (Lipinski definition) is 0. The molecule has 2 rings (SSSR count). The van der Waals surface area contributed by atoms with Gasteiger partial charge in [0.2, 0.25) is 0 Å². The van der Waals surface area contributed by atoms with E-state index in [1.54, 1.807) is 0 Å². The van der Waals surface area contributed by atoms with Crippen molar-refractivity contribution in [3.8, 4) is 0 Å². The molecule has 1 saturated heterocycles. The highest BCUT2D eigenvalue weighted by atomic mass is 19.4. The molecule has 1 heterocycles. The summed E-state index contributed by atoms with van der Waals surface area (Å²) in [6.07, 6.45) is 1.57. The van der Waals surface area contributed by atoms with Crippen molar-refractivity contribution in [3.05, 3.63) is 12.7 Å². The Morgan fingerprint density at radius 3 is 2.00 bits per heavy atom. The second-order valence-corrected chi connectivity index (χ2v) is 5.61. The Labute approximate surface area is 106 Å². The minimum atomic E-state index is -4.19. The molecular formula is C14H21F3O. The van der Waals surface area contributed by atoms with Gasteiger partial charge in [0, 0.05) is 0 Å². The van der Waals surface area contributed by atoms with Crippen LogP contribution in [0.3, 0.4) is 0 Å². The fraction of sp³-hybridized carbons (Fsp3) is 0.857. The molecule has 2 fully saturated rings. The van der Waals surface area contributed by atoms with Gasteiger partial charge < -0.3 is 4.74 Å². The normalized spacial score (nSPS) is 38.4. The lowest BCUT2D eigenvalue weighted by Crippen LogP contribution is -2.39. The summed E-state index contributed by atoms with van der Waals surface area (Å²) in [5.41, 5.74) is 0. The zero-order chi connectivity index (χ0) is 13.2. The van der Waals surface area contributed by atoms with Crippen molar-refractivity contribution in [3.63, 3.8) is 0 Å². The molecule has 0 spiro atoms. The van der Waals surface area contributed by atoms with Gasteiger partial charge in [0.1, 0.15) is 0 Å². The Morgan fingerprint density at radius 2 is 1.56 bits per heavy atom. The summed E-state index contributed by atoms with van der Waals surface area (Å²) in [6.45, 7) is 4.09. The first-order valence-electron chi connectivity index (χ1n) is 6.81. The molecule has 1 aliphatic heterocycles. The number of ether oxygens (including phenoxy) is 1. The van der Waals surface area contributed by atoms with Crippen LogP contribution in [0.15, 0.2) is 12.7 Å². The van der Waals surface area contributed by atoms with Gasteiger partial charge in [-0.05, 0) is 56.3 Å². The minimum absolute atomic E-state index is 0.134. The predicted molar refractivity (Wildman–Crippen MR) is 64.2 cm³/mol. The van der Waals surface area contributed by atoms with Gasteiger partial charge in [0.15, 0.2) is 6.10 Å². The average molecular weight is 262 g/mol. The van der Waals surface area contributed by atoms with Crippen LogP contribution in [0.5, 0.6) is 0 Å². The summed E-state index contributed by atoms with van der Waals surface area (Å²) in [6, 6.07) is 0. The van der Waals surface area contributed by atoms with Crippen LogP contribution in [0.2, 0.25) is 0 Å². The Morgan fingerprint density at radius 1 is 0.944 bits per heavy atom. The highest BCUT2D eigenvalue weighted by Crippen LogP contribution is 2.40. The maximum atomic E-state index is 12.5. The largest absolute Gasteiger partial charge is 0.414 e. The zero-order valence-electron chi connectivity index (χ0n) is 10.6. The van der Waals surface area contributed by atoms with Crippen LogP contribution in [-0.4, -0.2) is 18.9 Å². The summed E-state index contributed by atoms with van der Waals surface area (Å²) in [7, 11) is 0. The summed E-state index contributed by atoms with van der Waals surface area (Å²) < 4.78 is 42.4. The molecule has 0 bridgehead atoms. The molecule has 2 aliphatic rings. The van der Waals surface area contributed by atoms with Crippen LogP contribution in [0.25, 0.3) is 0 Å². The zero-order valence-corrected chi connectivity index (χ0v) is 10.6. The van der Waals surface area contributed by atoms with Gasteiger partial charge in [-0.3, -0.25) is 0 Å². The Kier molecular flexibility index (Phi) is 4.36. The van der Waals surface area contributed by atoms with Crippen LogP contribution in [0.1, 0.15) is 38.5 Å². The van der Waals surface area contributed by atoms with Crippen molar-refractivity contribution < 1.29 is 17.9 Å². The van der Waals surface area contributed by atoms with Crippen molar-refractivity contribution in [2.24, 2.45) is 17.8 Å². The van der Waals surface area contributed by atoms with Crippen molar-refractivity contribution in [1.82, 2.24) is 0 Å². The Balaban J connectivity index is 1.78. The van der Waals surface area contributed by atoms with E-state index in [-0.39, 0.29) is 13.0 Å². The predicted octanol–water partition coefficient (Wildman–Crippen LogP) is 4.34.